The summed E-state index contributed by atoms with van der Waals surface area (Å²) in [6.45, 7) is 3.76. The Balaban J connectivity index is 2.87. The molecule has 0 radical (unpaired) electrons. The maximum absolute atomic E-state index is 11.8. The number of amides is 1. The van der Waals surface area contributed by atoms with Crippen molar-refractivity contribution in [2.45, 2.75) is 20.3 Å². The lowest BCUT2D eigenvalue weighted by Crippen LogP contribution is -2.14. The maximum atomic E-state index is 11.8. The van der Waals surface area contributed by atoms with Crippen LogP contribution in [-0.2, 0) is 4.79 Å². The summed E-state index contributed by atoms with van der Waals surface area (Å²) in [6.07, 6.45) is 2.69. The van der Waals surface area contributed by atoms with E-state index in [2.05, 4.69) is 5.32 Å². The summed E-state index contributed by atoms with van der Waals surface area (Å²) in [6, 6.07) is 5.15. The Kier molecular flexibility index (Phi) is 4.57. The van der Waals surface area contributed by atoms with Gasteiger partial charge in [-0.25, -0.2) is 0 Å². The van der Waals surface area contributed by atoms with E-state index in [1.165, 1.54) is 0 Å². The number of carbonyl (C=O) groups excluding carboxylic acids is 1. The molecule has 0 unspecified atom stereocenters. The van der Waals surface area contributed by atoms with Gasteiger partial charge in [0, 0.05) is 11.6 Å². The van der Waals surface area contributed by atoms with Crippen molar-refractivity contribution in [3.63, 3.8) is 0 Å². The van der Waals surface area contributed by atoms with E-state index in [1.807, 2.05) is 13.0 Å². The molecule has 1 amide bonds. The third kappa shape index (κ3) is 3.52. The zero-order chi connectivity index (χ0) is 12.8. The van der Waals surface area contributed by atoms with E-state index in [1.54, 1.807) is 32.2 Å². The van der Waals surface area contributed by atoms with Gasteiger partial charge in [0.1, 0.15) is 5.75 Å². The van der Waals surface area contributed by atoms with E-state index < -0.39 is 0 Å². The highest BCUT2D eigenvalue weighted by atomic mass is 16.5. The van der Waals surface area contributed by atoms with E-state index in [4.69, 9.17) is 10.5 Å². The first kappa shape index (κ1) is 13.1. The second kappa shape index (κ2) is 5.94. The molecule has 0 saturated heterocycles. The molecule has 1 aromatic carbocycles. The molecular formula is C13H18N2O2. The Hall–Kier alpha value is -1.97. The smallest absolute Gasteiger partial charge is 0.251 e. The van der Waals surface area contributed by atoms with E-state index >= 15 is 0 Å². The number of rotatable bonds is 4. The maximum Gasteiger partial charge on any atom is 0.251 e. The van der Waals surface area contributed by atoms with Gasteiger partial charge in [-0.2, -0.15) is 0 Å². The van der Waals surface area contributed by atoms with Crippen LogP contribution < -0.4 is 15.8 Å². The Bertz CT molecular complexity index is 439. The van der Waals surface area contributed by atoms with Crippen LogP contribution in [-0.4, -0.2) is 13.0 Å². The zero-order valence-corrected chi connectivity index (χ0v) is 10.4. The molecule has 0 aromatic heterocycles. The predicted molar refractivity (Wildman–Crippen MR) is 70.1 cm³/mol. The molecule has 4 nitrogen and oxygen atoms in total. The van der Waals surface area contributed by atoms with Gasteiger partial charge in [-0.05, 0) is 25.5 Å². The number of nitrogens with one attached hydrogen (secondary N) is 1. The number of allylic oxidation sites excluding steroid dienone is 1. The van der Waals surface area contributed by atoms with E-state index in [0.717, 1.165) is 6.42 Å². The Morgan fingerprint density at radius 2 is 2.24 bits per heavy atom. The van der Waals surface area contributed by atoms with Crippen LogP contribution in [0, 0.1) is 0 Å². The highest BCUT2D eigenvalue weighted by molar-refractivity contribution is 6.04. The lowest BCUT2D eigenvalue weighted by molar-refractivity contribution is -0.112. The zero-order valence-electron chi connectivity index (χ0n) is 10.4. The number of nitrogens with two attached hydrogens (primary N) is 1. The van der Waals surface area contributed by atoms with Crippen molar-refractivity contribution < 1.29 is 9.53 Å². The molecule has 0 spiro atoms. The minimum absolute atomic E-state index is 0.146. The monoisotopic (exact) mass is 234 g/mol. The van der Waals surface area contributed by atoms with Crippen LogP contribution in [0.5, 0.6) is 5.75 Å². The first-order valence-electron chi connectivity index (χ1n) is 5.50. The number of benzene rings is 1. The molecule has 0 heterocycles. The van der Waals surface area contributed by atoms with Crippen LogP contribution >= 0.6 is 0 Å². The van der Waals surface area contributed by atoms with Gasteiger partial charge in [0.25, 0.3) is 5.91 Å². The molecule has 0 aliphatic carbocycles. The summed E-state index contributed by atoms with van der Waals surface area (Å²) in [5.74, 6) is 0.512. The van der Waals surface area contributed by atoms with Crippen molar-refractivity contribution in [2.75, 3.05) is 18.2 Å². The number of anilines is 2. The first-order valence-corrected chi connectivity index (χ1v) is 5.50. The van der Waals surface area contributed by atoms with E-state index in [9.17, 15) is 4.79 Å². The van der Waals surface area contributed by atoms with Crippen molar-refractivity contribution in [3.8, 4) is 5.75 Å². The minimum atomic E-state index is -0.146. The van der Waals surface area contributed by atoms with Crippen LogP contribution in [0.25, 0.3) is 0 Å². The number of nitrogen functional groups attached to an aromatic ring is 1. The fourth-order valence-corrected chi connectivity index (χ4v) is 1.39. The van der Waals surface area contributed by atoms with Gasteiger partial charge < -0.3 is 15.8 Å². The molecule has 17 heavy (non-hydrogen) atoms. The fraction of sp³-hybridized carbons (Fsp3) is 0.308. The van der Waals surface area contributed by atoms with Crippen molar-refractivity contribution in [3.05, 3.63) is 29.8 Å². The number of hydrogen-bond donors (Lipinski definition) is 2. The number of carbonyl (C=O) groups is 1. The molecule has 3 N–H and O–H groups in total. The topological polar surface area (TPSA) is 64.3 Å². The Labute approximate surface area is 101 Å². The molecule has 0 atom stereocenters. The largest absolute Gasteiger partial charge is 0.497 e. The van der Waals surface area contributed by atoms with Crippen LogP contribution in [0.4, 0.5) is 11.4 Å². The summed E-state index contributed by atoms with van der Waals surface area (Å²) >= 11 is 0. The summed E-state index contributed by atoms with van der Waals surface area (Å²) in [4.78, 5) is 11.8. The SMILES string of the molecule is CC/C=C(/C)C(=O)Nc1cc(OC)ccc1N. The van der Waals surface area contributed by atoms with Crippen LogP contribution in [0.15, 0.2) is 29.8 Å². The summed E-state index contributed by atoms with van der Waals surface area (Å²) in [7, 11) is 1.57. The number of hydrogen-bond acceptors (Lipinski definition) is 3. The second-order valence-electron chi connectivity index (χ2n) is 3.70. The molecule has 1 rings (SSSR count). The molecule has 0 aliphatic heterocycles. The van der Waals surface area contributed by atoms with Crippen molar-refractivity contribution in [1.29, 1.82) is 0 Å². The molecule has 0 fully saturated rings. The predicted octanol–water partition coefficient (Wildman–Crippen LogP) is 2.57. The average molecular weight is 234 g/mol. The third-order valence-electron chi connectivity index (χ3n) is 2.38. The summed E-state index contributed by atoms with van der Waals surface area (Å²) in [5.41, 5.74) is 7.54. The number of ether oxygens (including phenoxy) is 1. The molecule has 4 heteroatoms. The molecule has 0 bridgehead atoms. The highest BCUT2D eigenvalue weighted by Crippen LogP contribution is 2.24. The van der Waals surface area contributed by atoms with E-state index in [0.29, 0.717) is 22.7 Å². The van der Waals surface area contributed by atoms with Crippen LogP contribution in [0.3, 0.4) is 0 Å². The Morgan fingerprint density at radius 1 is 1.53 bits per heavy atom. The molecular weight excluding hydrogens is 216 g/mol. The normalized spacial score (nSPS) is 11.1. The van der Waals surface area contributed by atoms with Gasteiger partial charge in [-0.15, -0.1) is 0 Å². The second-order valence-corrected chi connectivity index (χ2v) is 3.70. The number of methoxy groups -OCH3 is 1. The fourth-order valence-electron chi connectivity index (χ4n) is 1.39. The highest BCUT2D eigenvalue weighted by Gasteiger charge is 2.07. The van der Waals surface area contributed by atoms with Gasteiger partial charge in [-0.1, -0.05) is 13.0 Å². The Morgan fingerprint density at radius 3 is 2.82 bits per heavy atom. The molecule has 0 aliphatic rings. The molecule has 1 aromatic rings. The quantitative estimate of drug-likeness (QED) is 0.621. The standard InChI is InChI=1S/C13H18N2O2/c1-4-5-9(2)13(16)15-12-8-10(17-3)6-7-11(12)14/h5-8H,4,14H2,1-3H3,(H,15,16)/b9-5-. The first-order chi connectivity index (χ1) is 8.08. The van der Waals surface area contributed by atoms with Gasteiger partial charge in [0.2, 0.25) is 0 Å². The van der Waals surface area contributed by atoms with Crippen LogP contribution in [0.2, 0.25) is 0 Å². The van der Waals surface area contributed by atoms with Gasteiger partial charge in [0.05, 0.1) is 18.5 Å². The van der Waals surface area contributed by atoms with Crippen LogP contribution in [0.1, 0.15) is 20.3 Å². The van der Waals surface area contributed by atoms with Gasteiger partial charge in [0.15, 0.2) is 0 Å². The minimum Gasteiger partial charge on any atom is -0.497 e. The average Bonchev–Trinajstić information content (AvgIpc) is 2.32. The van der Waals surface area contributed by atoms with Crippen molar-refractivity contribution >= 4 is 17.3 Å². The third-order valence-corrected chi connectivity index (χ3v) is 2.38. The molecule has 0 saturated carbocycles. The van der Waals surface area contributed by atoms with E-state index in [-0.39, 0.29) is 5.91 Å². The lowest BCUT2D eigenvalue weighted by Gasteiger charge is -2.10. The lowest BCUT2D eigenvalue weighted by atomic mass is 10.2. The molecule has 92 valence electrons. The summed E-state index contributed by atoms with van der Waals surface area (Å²) < 4.78 is 5.08. The summed E-state index contributed by atoms with van der Waals surface area (Å²) in [5, 5.41) is 2.76. The van der Waals surface area contributed by atoms with Gasteiger partial charge in [-0.3, -0.25) is 4.79 Å². The van der Waals surface area contributed by atoms with Crippen molar-refractivity contribution in [2.24, 2.45) is 0 Å². The van der Waals surface area contributed by atoms with Crippen molar-refractivity contribution in [1.82, 2.24) is 0 Å². The van der Waals surface area contributed by atoms with Gasteiger partial charge >= 0.3 is 0 Å².